The minimum absolute atomic E-state index is 0.0722. The highest BCUT2D eigenvalue weighted by atomic mass is 19.3. The van der Waals surface area contributed by atoms with Crippen molar-refractivity contribution >= 4 is 47.5 Å². The Morgan fingerprint density at radius 2 is 0.711 bits per heavy atom. The van der Waals surface area contributed by atoms with E-state index in [1.165, 1.54) is 70.5 Å². The van der Waals surface area contributed by atoms with E-state index in [0.29, 0.717) is 89.9 Å². The Labute approximate surface area is 708 Å². The Morgan fingerprint density at radius 3 is 1.05 bits per heavy atom. The quantitative estimate of drug-likeness (QED) is 0.0133. The number of unbranched alkanes of at least 4 members (excludes halogenated alkanes) is 6. The van der Waals surface area contributed by atoms with Crippen LogP contribution in [-0.2, 0) is 40.6 Å². The van der Waals surface area contributed by atoms with Gasteiger partial charge in [-0.05, 0) is 165 Å². The van der Waals surface area contributed by atoms with Gasteiger partial charge in [-0.25, -0.2) is 9.59 Å². The van der Waals surface area contributed by atoms with Gasteiger partial charge < -0.3 is 60.5 Å². The predicted octanol–water partition coefficient (Wildman–Crippen LogP) is 16.2. The zero-order valence-electron chi connectivity index (χ0n) is 72.3. The third kappa shape index (κ3) is 34.1. The number of alkyl halides is 8. The molecule has 0 unspecified atom stereocenters. The molecular weight excluding hydrogens is 1580 g/mol. The minimum atomic E-state index is -3.46. The number of aliphatic carboxylic acids is 2. The number of carboxylic acids is 4. The van der Waals surface area contributed by atoms with Gasteiger partial charge in [0.2, 0.25) is 0 Å². The van der Waals surface area contributed by atoms with Crippen molar-refractivity contribution in [3.05, 3.63) is 119 Å². The number of aliphatic hydroxyl groups is 4. The van der Waals surface area contributed by atoms with E-state index in [9.17, 15) is 93.9 Å². The molecule has 12 atom stereocenters. The summed E-state index contributed by atoms with van der Waals surface area (Å²) in [7, 11) is 0. The zero-order chi connectivity index (χ0) is 91.6. The van der Waals surface area contributed by atoms with Gasteiger partial charge in [0, 0.05) is 88.4 Å². The third-order valence-corrected chi connectivity index (χ3v) is 22.3. The van der Waals surface area contributed by atoms with Gasteiger partial charge in [0.1, 0.15) is 0 Å². The lowest BCUT2D eigenvalue weighted by Gasteiger charge is -2.41. The molecule has 2 aromatic carbocycles. The van der Waals surface area contributed by atoms with Crippen LogP contribution in [0.3, 0.4) is 0 Å². The number of hydrogen-bond acceptors (Lipinski definition) is 12. The predicted molar refractivity (Wildman–Crippen MR) is 447 cm³/mol. The monoisotopic (exact) mass is 1710 g/mol. The highest BCUT2D eigenvalue weighted by molar-refractivity contribution is 5.90. The van der Waals surface area contributed by atoms with E-state index in [1.54, 1.807) is 91.8 Å². The number of nitrogens with zero attached hydrogens (tertiary/aromatic N) is 4. The van der Waals surface area contributed by atoms with Gasteiger partial charge in [0.15, 0.2) is 0 Å². The van der Waals surface area contributed by atoms with Crippen molar-refractivity contribution in [1.82, 2.24) is 19.6 Å². The molecule has 0 radical (unpaired) electrons. The summed E-state index contributed by atoms with van der Waals surface area (Å²) in [6, 6.07) is 9.55. The van der Waals surface area contributed by atoms with Gasteiger partial charge in [-0.15, -0.1) is 47.4 Å². The topological polar surface area (TPSA) is 311 Å². The largest absolute Gasteiger partial charge is 0.481 e. The summed E-state index contributed by atoms with van der Waals surface area (Å²) in [5, 5.41) is 76.3. The fraction of sp³-hybridized carbons (Fsp3) is 0.613. The smallest absolute Gasteiger partial charge is 0.335 e. The molecule has 6 rings (SSSR count). The number of benzene rings is 2. The molecule has 4 aliphatic rings. The number of halogens is 8. The number of aromatic carboxylic acids is 2. The minimum Gasteiger partial charge on any atom is -0.481 e. The van der Waals surface area contributed by atoms with E-state index in [0.717, 1.165) is 33.8 Å². The Kier molecular flexibility index (Phi) is 43.0. The van der Waals surface area contributed by atoms with E-state index in [1.807, 2.05) is 41.5 Å². The second-order valence-corrected chi connectivity index (χ2v) is 33.7. The molecule has 0 saturated carbocycles. The molecule has 121 heavy (non-hydrogen) atoms. The molecule has 4 heterocycles. The fourth-order valence-corrected chi connectivity index (χ4v) is 14.3. The van der Waals surface area contributed by atoms with E-state index in [4.69, 9.17) is 20.4 Å². The number of amides is 4. The number of aliphatic hydroxyl groups excluding tert-OH is 4. The maximum absolute atomic E-state index is 14.5. The lowest BCUT2D eigenvalue weighted by molar-refractivity contribution is -0.153. The maximum atomic E-state index is 14.5. The molecule has 28 heteroatoms. The van der Waals surface area contributed by atoms with E-state index >= 15 is 0 Å². The molecule has 670 valence electrons. The Hall–Kier alpha value is -9.32. The van der Waals surface area contributed by atoms with Crippen molar-refractivity contribution in [3.63, 3.8) is 0 Å². The van der Waals surface area contributed by atoms with Crippen LogP contribution < -0.4 is 0 Å². The summed E-state index contributed by atoms with van der Waals surface area (Å²) in [6.45, 7) is 25.6. The van der Waals surface area contributed by atoms with Gasteiger partial charge in [-0.1, -0.05) is 147 Å². The van der Waals surface area contributed by atoms with Crippen LogP contribution in [0.1, 0.15) is 264 Å². The van der Waals surface area contributed by atoms with Crippen LogP contribution in [0.5, 0.6) is 0 Å². The average molecular weight is 1710 g/mol. The molecule has 0 aromatic heterocycles. The van der Waals surface area contributed by atoms with Crippen molar-refractivity contribution in [2.24, 2.45) is 23.7 Å². The standard InChI is InChI=1S/C28H37F2NO4.C23H35F2NO4.C22H25F2NO4.C20H29F2NO4/c1-7-8-9-19(2)23(32)15-14-22-18-28(29,30)25(35)31(22)27(5,6)17-16-26(3,4)21-12-10-20(11-13-21)24(33)34;1-5-6-11-17(2)19(27)14-13-18-16-23(24,25)21(30)26(18)22(3,4)15-10-8-7-9-12-20(28)29;1-3-4-5-15(2)19(26)11-10-18-14-22(23,24)21(29)25(18)13-12-16-6-8-17(9-7-16)20(27)28;1-3-4-9-15(2)17(24)12-11-16-14-20(21,22)19(27)23(16)13-8-6-5-7-10-18(25)26/h10-15,19,22-23,32H,9,16-18H2,1-6H3,(H,33,34);13-14,17-19,27H,7-12,15-16H2,1-4H3,(H,28,29);6-11,15,18-19,26H,5,12-14H2,1-2H3,(H,27,28);11-12,15-17,24H,5-10,13-14H2,1-2H3,(H,25,26)/b15-14+;14-13+;11-10+;12-11+/t19-,22-,23+;17-,18-,19+;15-,18-,19+;15-,16-,17+/m0000/s1. The highest BCUT2D eigenvalue weighted by Gasteiger charge is 2.59. The lowest BCUT2D eigenvalue weighted by atomic mass is 9.77. The molecule has 4 fully saturated rings. The van der Waals surface area contributed by atoms with Gasteiger partial charge in [0.05, 0.1) is 59.7 Å². The molecule has 20 nitrogen and oxygen atoms in total. The van der Waals surface area contributed by atoms with Gasteiger partial charge >= 0.3 is 47.6 Å². The van der Waals surface area contributed by atoms with Crippen LogP contribution in [0.25, 0.3) is 0 Å². The Bertz CT molecular complexity index is 4130. The van der Waals surface area contributed by atoms with E-state index in [-0.39, 0.29) is 66.1 Å². The SMILES string of the molecule is CC#CC[C@H](C)[C@H](O)/C=C/[C@H]1CC(F)(F)C(=O)N1C(C)(C)CCC(C)(C)c1ccc(C(=O)O)cc1.CC#CC[C@H](C)[C@H](O)/C=C/[C@H]1CC(F)(F)C(=O)N1C(C)(C)CCCCCCC(=O)O.CC#CC[C@H](C)[C@H](O)/C=C/[C@H]1CC(F)(F)C(=O)N1CCCCCCC(=O)O.CC#CC[C@H](C)[C@H](O)/C=C/[C@H]1CC(F)(F)C(=O)N1CCc1ccc(C(=O)O)cc1. The van der Waals surface area contributed by atoms with Crippen LogP contribution in [0.15, 0.2) is 97.1 Å². The molecule has 0 aliphatic carbocycles. The summed E-state index contributed by atoms with van der Waals surface area (Å²) in [6.07, 6.45) is 15.5. The summed E-state index contributed by atoms with van der Waals surface area (Å²) < 4.78 is 113. The first-order valence-electron chi connectivity index (χ1n) is 41.3. The molecule has 0 bridgehead atoms. The molecule has 4 aliphatic heterocycles. The van der Waals surface area contributed by atoms with Crippen molar-refractivity contribution in [2.45, 2.75) is 327 Å². The van der Waals surface area contributed by atoms with Crippen LogP contribution in [0, 0.1) is 71.0 Å². The average Bonchev–Trinajstić information content (AvgIpc) is 1.61. The van der Waals surface area contributed by atoms with Crippen molar-refractivity contribution in [1.29, 1.82) is 0 Å². The van der Waals surface area contributed by atoms with Crippen LogP contribution in [-0.4, -0.2) is 204 Å². The molecule has 0 spiro atoms. The lowest BCUT2D eigenvalue weighted by Crippen LogP contribution is -2.51. The summed E-state index contributed by atoms with van der Waals surface area (Å²) in [5.41, 5.74) is -0.00128. The first-order chi connectivity index (χ1) is 56.4. The van der Waals surface area contributed by atoms with Crippen LogP contribution >= 0.6 is 0 Å². The second-order valence-electron chi connectivity index (χ2n) is 33.7. The second kappa shape index (κ2) is 49.1. The van der Waals surface area contributed by atoms with E-state index in [2.05, 4.69) is 47.4 Å². The molecule has 2 aromatic rings. The number of carboxylic acid groups (broad SMARTS) is 4. The number of rotatable bonds is 41. The Morgan fingerprint density at radius 1 is 0.413 bits per heavy atom. The molecule has 4 saturated heterocycles. The molecular formula is C93H126F8N4O16. The summed E-state index contributed by atoms with van der Waals surface area (Å²) in [4.78, 5) is 97.0. The number of likely N-dealkylation sites (tertiary alicyclic amines) is 4. The summed E-state index contributed by atoms with van der Waals surface area (Å²) >= 11 is 0. The fourth-order valence-electron chi connectivity index (χ4n) is 14.3. The summed E-state index contributed by atoms with van der Waals surface area (Å²) in [5.74, 6) is -0.214. The highest BCUT2D eigenvalue weighted by Crippen LogP contribution is 2.44. The van der Waals surface area contributed by atoms with E-state index < -0.39 is 157 Å². The zero-order valence-corrected chi connectivity index (χ0v) is 72.3. The van der Waals surface area contributed by atoms with Gasteiger partial charge in [0.25, 0.3) is 23.6 Å². The normalized spacial score (nSPS) is 20.5. The van der Waals surface area contributed by atoms with Crippen molar-refractivity contribution in [2.75, 3.05) is 13.1 Å². The van der Waals surface area contributed by atoms with Crippen LogP contribution in [0.4, 0.5) is 35.1 Å². The third-order valence-electron chi connectivity index (χ3n) is 22.3. The number of carbonyl (C=O) groups is 8. The number of hydrogen-bond donors (Lipinski definition) is 8. The maximum Gasteiger partial charge on any atom is 0.335 e. The van der Waals surface area contributed by atoms with Crippen LogP contribution in [0.2, 0.25) is 0 Å². The molecule has 4 amide bonds. The Balaban J connectivity index is 0.000000419. The van der Waals surface area contributed by atoms with Crippen molar-refractivity contribution in [3.8, 4) is 47.4 Å². The van der Waals surface area contributed by atoms with Crippen molar-refractivity contribution < 1.29 is 114 Å². The number of carbonyl (C=O) groups excluding carboxylic acids is 4. The molecule has 8 N–H and O–H groups in total. The first-order valence-corrected chi connectivity index (χ1v) is 41.3. The van der Waals surface area contributed by atoms with Gasteiger partial charge in [-0.2, -0.15) is 35.1 Å². The first kappa shape index (κ1) is 106. The van der Waals surface area contributed by atoms with Gasteiger partial charge in [-0.3, -0.25) is 28.8 Å².